The largest absolute Gasteiger partial charge is 0.460 e. The average Bonchev–Trinajstić information content (AvgIpc) is 3.39. The van der Waals surface area contributed by atoms with E-state index in [1.54, 1.807) is 0 Å². The van der Waals surface area contributed by atoms with Gasteiger partial charge < -0.3 is 14.6 Å². The molecule has 0 unspecified atom stereocenters. The Bertz CT molecular complexity index is 928. The van der Waals surface area contributed by atoms with Gasteiger partial charge in [0.25, 0.3) is 0 Å². The van der Waals surface area contributed by atoms with E-state index in [2.05, 4.69) is 27.6 Å². The molecule has 2 N–H and O–H groups in total. The van der Waals surface area contributed by atoms with Crippen molar-refractivity contribution in [2.24, 2.45) is 0 Å². The fourth-order valence-corrected chi connectivity index (χ4v) is 3.52. The van der Waals surface area contributed by atoms with E-state index in [9.17, 15) is 4.79 Å². The molecule has 0 spiro atoms. The maximum atomic E-state index is 11.9. The van der Waals surface area contributed by atoms with Crippen LogP contribution in [-0.2, 0) is 24.4 Å². The highest BCUT2D eigenvalue weighted by Gasteiger charge is 2.20. The van der Waals surface area contributed by atoms with Crippen molar-refractivity contribution in [2.45, 2.75) is 39.4 Å². The van der Waals surface area contributed by atoms with Gasteiger partial charge in [0.15, 0.2) is 5.76 Å². The van der Waals surface area contributed by atoms with Gasteiger partial charge >= 0.3 is 0 Å². The van der Waals surface area contributed by atoms with Gasteiger partial charge in [-0.1, -0.05) is 24.3 Å². The van der Waals surface area contributed by atoms with E-state index >= 15 is 0 Å². The van der Waals surface area contributed by atoms with E-state index in [1.807, 2.05) is 42.3 Å². The van der Waals surface area contributed by atoms with Gasteiger partial charge in [-0.05, 0) is 36.6 Å². The third-order valence-corrected chi connectivity index (χ3v) is 4.99. The molecule has 3 aromatic rings. The van der Waals surface area contributed by atoms with Crippen molar-refractivity contribution in [3.8, 4) is 11.5 Å². The standard InChI is InChI=1S/C21H24N4O2/c1-15-8-9-19(27-15)21-18(13-23-24-21)12-22-11-16-5-2-3-6-17(16)14-25-10-4-7-20(25)26/h2-3,5-6,8-9,13,22H,4,7,10-12,14H2,1H3,(H,23,24). The highest BCUT2D eigenvalue weighted by molar-refractivity contribution is 5.78. The topological polar surface area (TPSA) is 74.2 Å². The van der Waals surface area contributed by atoms with E-state index in [0.29, 0.717) is 19.5 Å². The van der Waals surface area contributed by atoms with E-state index in [-0.39, 0.29) is 5.91 Å². The summed E-state index contributed by atoms with van der Waals surface area (Å²) in [6, 6.07) is 12.2. The van der Waals surface area contributed by atoms with Crippen molar-refractivity contribution in [3.05, 3.63) is 65.0 Å². The first-order chi connectivity index (χ1) is 13.2. The number of aryl methyl sites for hydroxylation is 1. The van der Waals surface area contributed by atoms with Gasteiger partial charge in [-0.2, -0.15) is 5.10 Å². The van der Waals surface area contributed by atoms with Crippen molar-refractivity contribution in [1.82, 2.24) is 20.4 Å². The summed E-state index contributed by atoms with van der Waals surface area (Å²) >= 11 is 0. The molecule has 2 aromatic heterocycles. The van der Waals surface area contributed by atoms with Crippen LogP contribution in [0.15, 0.2) is 47.0 Å². The number of rotatable bonds is 7. The van der Waals surface area contributed by atoms with E-state index in [0.717, 1.165) is 42.3 Å². The molecular weight excluding hydrogens is 340 g/mol. The number of H-pyrrole nitrogens is 1. The molecule has 6 heteroatoms. The number of aromatic nitrogens is 2. The second-order valence-electron chi connectivity index (χ2n) is 6.97. The lowest BCUT2D eigenvalue weighted by molar-refractivity contribution is -0.128. The predicted octanol–water partition coefficient (Wildman–Crippen LogP) is 3.39. The molecule has 27 heavy (non-hydrogen) atoms. The summed E-state index contributed by atoms with van der Waals surface area (Å²) in [7, 11) is 0. The molecule has 0 radical (unpaired) electrons. The summed E-state index contributed by atoms with van der Waals surface area (Å²) in [5, 5.41) is 10.7. The zero-order valence-corrected chi connectivity index (χ0v) is 15.5. The Hall–Kier alpha value is -2.86. The molecule has 4 rings (SSSR count). The van der Waals surface area contributed by atoms with Crippen molar-refractivity contribution < 1.29 is 9.21 Å². The summed E-state index contributed by atoms with van der Waals surface area (Å²) in [4.78, 5) is 13.9. The minimum absolute atomic E-state index is 0.259. The number of likely N-dealkylation sites (tertiary alicyclic amines) is 1. The summed E-state index contributed by atoms with van der Waals surface area (Å²) in [6.07, 6.45) is 3.47. The van der Waals surface area contributed by atoms with Gasteiger partial charge in [-0.25, -0.2) is 0 Å². The van der Waals surface area contributed by atoms with Gasteiger partial charge in [0, 0.05) is 38.2 Å². The van der Waals surface area contributed by atoms with Crippen molar-refractivity contribution in [3.63, 3.8) is 0 Å². The molecule has 6 nitrogen and oxygen atoms in total. The second kappa shape index (κ2) is 7.80. The molecule has 1 amide bonds. The number of hydrogen-bond donors (Lipinski definition) is 2. The Labute approximate surface area is 158 Å². The number of carbonyl (C=O) groups is 1. The maximum absolute atomic E-state index is 11.9. The van der Waals surface area contributed by atoms with Gasteiger partial charge in [0.05, 0.1) is 6.20 Å². The first-order valence-electron chi connectivity index (χ1n) is 9.35. The lowest BCUT2D eigenvalue weighted by Crippen LogP contribution is -2.25. The van der Waals surface area contributed by atoms with Crippen LogP contribution in [0, 0.1) is 6.92 Å². The highest BCUT2D eigenvalue weighted by Crippen LogP contribution is 2.23. The van der Waals surface area contributed by atoms with Crippen LogP contribution in [0.3, 0.4) is 0 Å². The summed E-state index contributed by atoms with van der Waals surface area (Å²) < 4.78 is 5.70. The number of hydrogen-bond acceptors (Lipinski definition) is 4. The smallest absolute Gasteiger partial charge is 0.222 e. The van der Waals surface area contributed by atoms with Crippen LogP contribution in [0.4, 0.5) is 0 Å². The molecule has 0 atom stereocenters. The molecule has 0 bridgehead atoms. The monoisotopic (exact) mass is 364 g/mol. The fraction of sp³-hybridized carbons (Fsp3) is 0.333. The van der Waals surface area contributed by atoms with Gasteiger partial charge in [0.2, 0.25) is 5.91 Å². The van der Waals surface area contributed by atoms with Crippen molar-refractivity contribution in [1.29, 1.82) is 0 Å². The van der Waals surface area contributed by atoms with Crippen LogP contribution >= 0.6 is 0 Å². The third kappa shape index (κ3) is 3.95. The Kier molecular flexibility index (Phi) is 5.07. The Balaban J connectivity index is 1.40. The van der Waals surface area contributed by atoms with Crippen LogP contribution in [0.25, 0.3) is 11.5 Å². The molecule has 1 aromatic carbocycles. The third-order valence-electron chi connectivity index (χ3n) is 4.99. The van der Waals surface area contributed by atoms with Crippen LogP contribution in [0.1, 0.15) is 35.3 Å². The quantitative estimate of drug-likeness (QED) is 0.674. The van der Waals surface area contributed by atoms with Gasteiger partial charge in [-0.15, -0.1) is 0 Å². The predicted molar refractivity (Wildman–Crippen MR) is 103 cm³/mol. The minimum atomic E-state index is 0.259. The lowest BCUT2D eigenvalue weighted by Gasteiger charge is -2.18. The number of amides is 1. The van der Waals surface area contributed by atoms with Gasteiger partial charge in [0.1, 0.15) is 11.5 Å². The molecule has 140 valence electrons. The molecular formula is C21H24N4O2. The van der Waals surface area contributed by atoms with Crippen molar-refractivity contribution >= 4 is 5.91 Å². The molecule has 3 heterocycles. The normalized spacial score (nSPS) is 14.3. The molecule has 1 aliphatic rings. The number of carbonyl (C=O) groups excluding carboxylic acids is 1. The molecule has 0 saturated carbocycles. The van der Waals surface area contributed by atoms with Gasteiger partial charge in [-0.3, -0.25) is 9.89 Å². The van der Waals surface area contributed by atoms with E-state index in [1.165, 1.54) is 11.1 Å². The second-order valence-corrected chi connectivity index (χ2v) is 6.97. The number of nitrogens with zero attached hydrogens (tertiary/aromatic N) is 2. The number of furan rings is 1. The Morgan fingerprint density at radius 3 is 2.70 bits per heavy atom. The molecule has 0 aliphatic carbocycles. The van der Waals surface area contributed by atoms with Crippen LogP contribution in [0.2, 0.25) is 0 Å². The van der Waals surface area contributed by atoms with Crippen molar-refractivity contribution in [2.75, 3.05) is 6.54 Å². The van der Waals surface area contributed by atoms with Crippen LogP contribution in [0.5, 0.6) is 0 Å². The first-order valence-corrected chi connectivity index (χ1v) is 9.35. The molecule has 1 fully saturated rings. The Morgan fingerprint density at radius 2 is 1.96 bits per heavy atom. The number of benzene rings is 1. The van der Waals surface area contributed by atoms with Crippen LogP contribution in [-0.4, -0.2) is 27.5 Å². The zero-order valence-electron chi connectivity index (χ0n) is 15.5. The summed E-state index contributed by atoms with van der Waals surface area (Å²) in [5.41, 5.74) is 4.40. The van der Waals surface area contributed by atoms with Crippen LogP contribution < -0.4 is 5.32 Å². The Morgan fingerprint density at radius 1 is 1.15 bits per heavy atom. The summed E-state index contributed by atoms with van der Waals surface area (Å²) in [6.45, 7) is 4.91. The highest BCUT2D eigenvalue weighted by atomic mass is 16.3. The molecule has 1 aliphatic heterocycles. The first kappa shape index (κ1) is 17.5. The lowest BCUT2D eigenvalue weighted by atomic mass is 10.1. The zero-order chi connectivity index (χ0) is 18.6. The number of nitrogens with one attached hydrogen (secondary N) is 2. The summed E-state index contributed by atoms with van der Waals surface area (Å²) in [5.74, 6) is 1.94. The fourth-order valence-electron chi connectivity index (χ4n) is 3.52. The SMILES string of the molecule is Cc1ccc(-c2[nH]ncc2CNCc2ccccc2CN2CCCC2=O)o1. The number of aromatic amines is 1. The molecule has 1 saturated heterocycles. The average molecular weight is 364 g/mol. The maximum Gasteiger partial charge on any atom is 0.222 e. The minimum Gasteiger partial charge on any atom is -0.460 e. The van der Waals surface area contributed by atoms with E-state index in [4.69, 9.17) is 4.42 Å². The van der Waals surface area contributed by atoms with E-state index < -0.39 is 0 Å².